The predicted octanol–water partition coefficient (Wildman–Crippen LogP) is 5.65. The van der Waals surface area contributed by atoms with Crippen LogP contribution in [0.5, 0.6) is 0 Å². The van der Waals surface area contributed by atoms with Gasteiger partial charge in [0.15, 0.2) is 14.6 Å². The van der Waals surface area contributed by atoms with E-state index < -0.39 is 13.9 Å². The average Bonchev–Trinajstić information content (AvgIpc) is 2.67. The zero-order chi connectivity index (χ0) is 18.3. The summed E-state index contributed by atoms with van der Waals surface area (Å²) in [5.41, 5.74) is 2.38. The number of hydrogen-bond acceptors (Lipinski definition) is 2. The molecule has 0 saturated heterocycles. The molecule has 0 saturated carbocycles. The molecular formula is C22H30O2Si. The van der Waals surface area contributed by atoms with E-state index in [-0.39, 0.29) is 0 Å². The summed E-state index contributed by atoms with van der Waals surface area (Å²) in [5.74, 6) is 0. The molecule has 0 heterocycles. The quantitative estimate of drug-likeness (QED) is 0.429. The van der Waals surface area contributed by atoms with Crippen LogP contribution in [0, 0.1) is 6.92 Å². The molecule has 2 rings (SSSR count). The molecule has 0 aliphatic carbocycles. The Hall–Kier alpha value is -1.71. The second-order valence-electron chi connectivity index (χ2n) is 6.88. The monoisotopic (exact) mass is 354 g/mol. The molecule has 0 fully saturated rings. The summed E-state index contributed by atoms with van der Waals surface area (Å²) >= 11 is 0. The molecule has 0 radical (unpaired) electrons. The molecule has 2 aromatic carbocycles. The lowest BCUT2D eigenvalue weighted by Crippen LogP contribution is -2.48. The Morgan fingerprint density at radius 3 is 1.96 bits per heavy atom. The van der Waals surface area contributed by atoms with E-state index in [4.69, 9.17) is 4.43 Å². The van der Waals surface area contributed by atoms with Gasteiger partial charge < -0.3 is 4.43 Å². The van der Waals surface area contributed by atoms with Crippen LogP contribution in [0.2, 0.25) is 18.1 Å². The van der Waals surface area contributed by atoms with Gasteiger partial charge in [-0.15, -0.1) is 0 Å². The number of hydrogen-bond donors (Lipinski definition) is 0. The fraction of sp³-hybridized carbons (Fsp3) is 0.409. The number of aryl methyl sites for hydroxylation is 1. The average molecular weight is 355 g/mol. The molecule has 0 bridgehead atoms. The second kappa shape index (κ2) is 8.59. The van der Waals surface area contributed by atoms with Gasteiger partial charge in [-0.2, -0.15) is 0 Å². The normalized spacial score (nSPS) is 14.1. The highest BCUT2D eigenvalue weighted by Crippen LogP contribution is 2.36. The minimum Gasteiger partial charge on any atom is -0.401 e. The van der Waals surface area contributed by atoms with Crippen molar-refractivity contribution in [2.24, 2.45) is 0 Å². The SMILES string of the molecule is CC[Si](CC)(CC)OC(C=O)(Cc1ccccc1)c1ccc(C)cc1. The van der Waals surface area contributed by atoms with Crippen LogP contribution in [0.3, 0.4) is 0 Å². The maximum atomic E-state index is 12.4. The maximum Gasteiger partial charge on any atom is 0.193 e. The Labute approximate surface area is 153 Å². The molecule has 134 valence electrons. The van der Waals surface area contributed by atoms with E-state index in [2.05, 4.69) is 52.0 Å². The Bertz CT molecular complexity index is 654. The summed E-state index contributed by atoms with van der Waals surface area (Å²) in [6, 6.07) is 21.5. The van der Waals surface area contributed by atoms with Gasteiger partial charge in [0.05, 0.1) is 0 Å². The van der Waals surface area contributed by atoms with Crippen LogP contribution >= 0.6 is 0 Å². The van der Waals surface area contributed by atoms with Crippen molar-refractivity contribution in [1.29, 1.82) is 0 Å². The summed E-state index contributed by atoms with van der Waals surface area (Å²) in [5, 5.41) is 0. The van der Waals surface area contributed by atoms with Crippen molar-refractivity contribution in [3.05, 3.63) is 71.3 Å². The van der Waals surface area contributed by atoms with Crippen molar-refractivity contribution in [1.82, 2.24) is 0 Å². The largest absolute Gasteiger partial charge is 0.401 e. The lowest BCUT2D eigenvalue weighted by atomic mass is 9.88. The fourth-order valence-corrected chi connectivity index (χ4v) is 6.36. The first-order valence-corrected chi connectivity index (χ1v) is 11.8. The van der Waals surface area contributed by atoms with Gasteiger partial charge in [-0.05, 0) is 36.2 Å². The number of aldehydes is 1. The van der Waals surface area contributed by atoms with Crippen LogP contribution < -0.4 is 0 Å². The zero-order valence-corrected chi connectivity index (χ0v) is 16.9. The molecule has 0 aliphatic rings. The first kappa shape index (κ1) is 19.6. The van der Waals surface area contributed by atoms with Gasteiger partial charge >= 0.3 is 0 Å². The smallest absolute Gasteiger partial charge is 0.193 e. The highest BCUT2D eigenvalue weighted by Gasteiger charge is 2.42. The maximum absolute atomic E-state index is 12.4. The number of carbonyl (C=O) groups excluding carboxylic acids is 1. The molecule has 1 atom stereocenters. The molecule has 0 aromatic heterocycles. The summed E-state index contributed by atoms with van der Waals surface area (Å²) in [4.78, 5) is 12.4. The van der Waals surface area contributed by atoms with Crippen LogP contribution in [-0.4, -0.2) is 14.6 Å². The lowest BCUT2D eigenvalue weighted by Gasteiger charge is -2.40. The van der Waals surface area contributed by atoms with Crippen LogP contribution in [-0.2, 0) is 21.2 Å². The van der Waals surface area contributed by atoms with Crippen LogP contribution in [0.25, 0.3) is 0 Å². The van der Waals surface area contributed by atoms with Crippen molar-refractivity contribution in [2.45, 2.75) is 57.8 Å². The van der Waals surface area contributed by atoms with Crippen molar-refractivity contribution in [3.63, 3.8) is 0 Å². The highest BCUT2D eigenvalue weighted by molar-refractivity contribution is 6.73. The molecule has 2 nitrogen and oxygen atoms in total. The summed E-state index contributed by atoms with van der Waals surface area (Å²) in [6.45, 7) is 8.67. The van der Waals surface area contributed by atoms with E-state index >= 15 is 0 Å². The summed E-state index contributed by atoms with van der Waals surface area (Å²) in [6.07, 6.45) is 1.61. The number of rotatable bonds is 9. The van der Waals surface area contributed by atoms with Crippen LogP contribution in [0.1, 0.15) is 37.5 Å². The molecule has 1 unspecified atom stereocenters. The standard InChI is InChI=1S/C22H30O2Si/c1-5-25(6-2,7-3)24-22(18-23,17-20-11-9-8-10-12-20)21-15-13-19(4)14-16-21/h8-16,18H,5-7,17H2,1-4H3. The first-order chi connectivity index (χ1) is 12.0. The third-order valence-corrected chi connectivity index (χ3v) is 10.0. The summed E-state index contributed by atoms with van der Waals surface area (Å²) < 4.78 is 6.82. The van der Waals surface area contributed by atoms with Gasteiger partial charge in [0.2, 0.25) is 0 Å². The summed E-state index contributed by atoms with van der Waals surface area (Å²) in [7, 11) is -1.96. The van der Waals surface area contributed by atoms with Gasteiger partial charge in [0, 0.05) is 6.42 Å². The molecule has 2 aromatic rings. The van der Waals surface area contributed by atoms with Crippen molar-refractivity contribution < 1.29 is 9.22 Å². The van der Waals surface area contributed by atoms with E-state index in [1.807, 2.05) is 30.3 Å². The van der Waals surface area contributed by atoms with E-state index in [1.165, 1.54) is 5.56 Å². The minimum absolute atomic E-state index is 0.579. The fourth-order valence-electron chi connectivity index (χ4n) is 3.42. The Morgan fingerprint density at radius 2 is 1.48 bits per heavy atom. The van der Waals surface area contributed by atoms with Crippen molar-refractivity contribution >= 4 is 14.6 Å². The van der Waals surface area contributed by atoms with Gasteiger partial charge in [-0.3, -0.25) is 4.79 Å². The Balaban J connectivity index is 2.52. The molecule has 0 N–H and O–H groups in total. The van der Waals surface area contributed by atoms with Crippen molar-refractivity contribution in [2.75, 3.05) is 0 Å². The van der Waals surface area contributed by atoms with Crippen LogP contribution in [0.15, 0.2) is 54.6 Å². The molecular weight excluding hydrogens is 324 g/mol. The molecule has 3 heteroatoms. The topological polar surface area (TPSA) is 26.3 Å². The number of benzene rings is 2. The minimum atomic E-state index is -1.96. The first-order valence-electron chi connectivity index (χ1n) is 9.30. The van der Waals surface area contributed by atoms with Gasteiger partial charge in [-0.25, -0.2) is 0 Å². The lowest BCUT2D eigenvalue weighted by molar-refractivity contribution is -0.123. The Kier molecular flexibility index (Phi) is 6.74. The van der Waals surface area contributed by atoms with E-state index in [0.717, 1.165) is 35.5 Å². The van der Waals surface area contributed by atoms with Crippen molar-refractivity contribution in [3.8, 4) is 0 Å². The predicted molar refractivity (Wildman–Crippen MR) is 107 cm³/mol. The van der Waals surface area contributed by atoms with Gasteiger partial charge in [-0.1, -0.05) is 80.9 Å². The third kappa shape index (κ3) is 4.47. The van der Waals surface area contributed by atoms with E-state index in [9.17, 15) is 4.79 Å². The molecule has 0 aliphatic heterocycles. The third-order valence-electron chi connectivity index (χ3n) is 5.37. The van der Waals surface area contributed by atoms with E-state index in [1.54, 1.807) is 0 Å². The molecule has 0 amide bonds. The molecule has 0 spiro atoms. The van der Waals surface area contributed by atoms with E-state index in [0.29, 0.717) is 6.42 Å². The van der Waals surface area contributed by atoms with Gasteiger partial charge in [0.1, 0.15) is 5.60 Å². The molecule has 25 heavy (non-hydrogen) atoms. The van der Waals surface area contributed by atoms with Gasteiger partial charge in [0.25, 0.3) is 0 Å². The second-order valence-corrected chi connectivity index (χ2v) is 11.6. The number of carbonyl (C=O) groups is 1. The Morgan fingerprint density at radius 1 is 0.920 bits per heavy atom. The van der Waals surface area contributed by atoms with Crippen LogP contribution in [0.4, 0.5) is 0 Å². The zero-order valence-electron chi connectivity index (χ0n) is 15.9. The highest BCUT2D eigenvalue weighted by atomic mass is 28.4.